The Morgan fingerprint density at radius 3 is 2.15 bits per heavy atom. The first-order chi connectivity index (χ1) is 9.66. The second kappa shape index (κ2) is 7.74. The van der Waals surface area contributed by atoms with E-state index in [0.29, 0.717) is 0 Å². The molecule has 2 rings (SSSR count). The van der Waals surface area contributed by atoms with E-state index in [0.717, 1.165) is 6.54 Å². The van der Waals surface area contributed by atoms with E-state index in [1.807, 2.05) is 0 Å². The molecule has 118 valence electrons. The van der Waals surface area contributed by atoms with E-state index < -0.39 is 0 Å². The molecule has 0 unspecified atom stereocenters. The molecule has 1 saturated heterocycles. The summed E-state index contributed by atoms with van der Waals surface area (Å²) in [6, 6.07) is 0. The number of hydrogen-bond donors (Lipinski definition) is 1. The van der Waals surface area contributed by atoms with E-state index in [1.165, 1.54) is 77.8 Å². The van der Waals surface area contributed by atoms with Crippen LogP contribution in [0.2, 0.25) is 0 Å². The van der Waals surface area contributed by atoms with Gasteiger partial charge in [0.05, 0.1) is 0 Å². The Morgan fingerprint density at radius 1 is 1.00 bits per heavy atom. The number of nitrogens with zero attached hydrogens (tertiary/aromatic N) is 3. The molecule has 0 bridgehead atoms. The van der Waals surface area contributed by atoms with Gasteiger partial charge in [0, 0.05) is 51.4 Å². The summed E-state index contributed by atoms with van der Waals surface area (Å²) in [4.78, 5) is 7.61. The van der Waals surface area contributed by atoms with Crippen LogP contribution in [0, 0.1) is 0 Å². The van der Waals surface area contributed by atoms with Gasteiger partial charge < -0.3 is 10.6 Å². The van der Waals surface area contributed by atoms with E-state index >= 15 is 0 Å². The van der Waals surface area contributed by atoms with Crippen molar-refractivity contribution in [2.75, 3.05) is 59.9 Å². The molecule has 1 saturated carbocycles. The summed E-state index contributed by atoms with van der Waals surface area (Å²) in [6.45, 7) is 8.07. The van der Waals surface area contributed by atoms with E-state index in [4.69, 9.17) is 5.73 Å². The Hall–Kier alpha value is -0.160. The average Bonchev–Trinajstić information content (AvgIpc) is 2.73. The Kier molecular flexibility index (Phi) is 6.27. The van der Waals surface area contributed by atoms with Gasteiger partial charge in [-0.2, -0.15) is 0 Å². The molecular weight excluding hydrogens is 248 g/mol. The summed E-state index contributed by atoms with van der Waals surface area (Å²) < 4.78 is 0. The Labute approximate surface area is 125 Å². The minimum atomic E-state index is 0.281. The third-order valence-corrected chi connectivity index (χ3v) is 5.57. The molecule has 0 aromatic carbocycles. The SMILES string of the molecule is CN1CCN(CCN(C)C2(CN)CCCCCC2)CC1. The minimum Gasteiger partial charge on any atom is -0.329 e. The molecule has 2 N–H and O–H groups in total. The molecule has 1 heterocycles. The van der Waals surface area contributed by atoms with Crippen LogP contribution in [0.4, 0.5) is 0 Å². The van der Waals surface area contributed by atoms with Gasteiger partial charge in [0.25, 0.3) is 0 Å². The first kappa shape index (κ1) is 16.2. The molecule has 0 atom stereocenters. The third-order valence-electron chi connectivity index (χ3n) is 5.57. The lowest BCUT2D eigenvalue weighted by atomic mass is 9.88. The predicted octanol–water partition coefficient (Wildman–Crippen LogP) is 1.22. The first-order valence-electron chi connectivity index (χ1n) is 8.48. The van der Waals surface area contributed by atoms with E-state index in [9.17, 15) is 0 Å². The maximum Gasteiger partial charge on any atom is 0.0329 e. The number of hydrogen-bond acceptors (Lipinski definition) is 4. The molecule has 1 aliphatic carbocycles. The maximum absolute atomic E-state index is 6.17. The Morgan fingerprint density at radius 2 is 1.60 bits per heavy atom. The highest BCUT2D eigenvalue weighted by Crippen LogP contribution is 2.30. The summed E-state index contributed by atoms with van der Waals surface area (Å²) in [5.41, 5.74) is 6.45. The van der Waals surface area contributed by atoms with Gasteiger partial charge in [0.1, 0.15) is 0 Å². The highest BCUT2D eigenvalue weighted by atomic mass is 15.3. The molecule has 0 spiro atoms. The molecule has 0 amide bonds. The maximum atomic E-state index is 6.17. The zero-order valence-electron chi connectivity index (χ0n) is 13.6. The van der Waals surface area contributed by atoms with Gasteiger partial charge in [-0.3, -0.25) is 9.80 Å². The molecule has 4 nitrogen and oxygen atoms in total. The summed E-state index contributed by atoms with van der Waals surface area (Å²) in [5.74, 6) is 0. The van der Waals surface area contributed by atoms with Crippen molar-refractivity contribution >= 4 is 0 Å². The van der Waals surface area contributed by atoms with Crippen molar-refractivity contribution in [3.05, 3.63) is 0 Å². The molecule has 0 radical (unpaired) electrons. The van der Waals surface area contributed by atoms with E-state index in [-0.39, 0.29) is 5.54 Å². The third kappa shape index (κ3) is 4.17. The topological polar surface area (TPSA) is 35.7 Å². The van der Waals surface area contributed by atoms with Crippen molar-refractivity contribution in [2.24, 2.45) is 5.73 Å². The van der Waals surface area contributed by atoms with Gasteiger partial charge >= 0.3 is 0 Å². The average molecular weight is 282 g/mol. The van der Waals surface area contributed by atoms with Crippen molar-refractivity contribution in [2.45, 2.75) is 44.1 Å². The highest BCUT2D eigenvalue weighted by molar-refractivity contribution is 4.92. The van der Waals surface area contributed by atoms with Gasteiger partial charge in [-0.15, -0.1) is 0 Å². The molecule has 1 aliphatic heterocycles. The van der Waals surface area contributed by atoms with Gasteiger partial charge in [0.2, 0.25) is 0 Å². The monoisotopic (exact) mass is 282 g/mol. The minimum absolute atomic E-state index is 0.281. The molecule has 0 aromatic heterocycles. The summed E-state index contributed by atoms with van der Waals surface area (Å²) >= 11 is 0. The number of piperazine rings is 1. The molecule has 4 heteroatoms. The van der Waals surface area contributed by atoms with Crippen LogP contribution in [-0.2, 0) is 0 Å². The van der Waals surface area contributed by atoms with Crippen molar-refractivity contribution in [1.82, 2.24) is 14.7 Å². The summed E-state index contributed by atoms with van der Waals surface area (Å²) in [5, 5.41) is 0. The van der Waals surface area contributed by atoms with Crippen LogP contribution in [0.3, 0.4) is 0 Å². The normalized spacial score (nSPS) is 25.8. The number of rotatable bonds is 5. The summed E-state index contributed by atoms with van der Waals surface area (Å²) in [6.07, 6.45) is 8.10. The predicted molar refractivity (Wildman–Crippen MR) is 86.1 cm³/mol. The molecule has 0 aromatic rings. The summed E-state index contributed by atoms with van der Waals surface area (Å²) in [7, 11) is 4.52. The van der Waals surface area contributed by atoms with Crippen LogP contribution in [0.15, 0.2) is 0 Å². The van der Waals surface area contributed by atoms with Gasteiger partial charge in [-0.25, -0.2) is 0 Å². The van der Waals surface area contributed by atoms with Crippen LogP contribution < -0.4 is 5.73 Å². The lowest BCUT2D eigenvalue weighted by molar-refractivity contribution is 0.0795. The second-order valence-electron chi connectivity index (χ2n) is 6.91. The lowest BCUT2D eigenvalue weighted by Gasteiger charge is -2.42. The standard InChI is InChI=1S/C16H34N4/c1-18-9-12-20(13-10-18)14-11-19(2)16(15-17)7-5-3-4-6-8-16/h3-15,17H2,1-2H3. The quantitative estimate of drug-likeness (QED) is 0.769. The van der Waals surface area contributed by atoms with Crippen LogP contribution in [-0.4, -0.2) is 80.1 Å². The van der Waals surface area contributed by atoms with Crippen LogP contribution in [0.25, 0.3) is 0 Å². The molecule has 20 heavy (non-hydrogen) atoms. The molecule has 2 aliphatic rings. The first-order valence-corrected chi connectivity index (χ1v) is 8.48. The molecular formula is C16H34N4. The van der Waals surface area contributed by atoms with Crippen LogP contribution >= 0.6 is 0 Å². The Bertz CT molecular complexity index is 266. The second-order valence-corrected chi connectivity index (χ2v) is 6.91. The number of nitrogens with two attached hydrogens (primary N) is 1. The molecule has 2 fully saturated rings. The van der Waals surface area contributed by atoms with Crippen LogP contribution in [0.5, 0.6) is 0 Å². The fourth-order valence-corrected chi connectivity index (χ4v) is 3.73. The zero-order chi connectivity index (χ0) is 14.4. The van der Waals surface area contributed by atoms with Crippen molar-refractivity contribution in [3.8, 4) is 0 Å². The highest BCUT2D eigenvalue weighted by Gasteiger charge is 2.33. The van der Waals surface area contributed by atoms with Gasteiger partial charge in [-0.1, -0.05) is 25.7 Å². The van der Waals surface area contributed by atoms with E-state index in [1.54, 1.807) is 0 Å². The van der Waals surface area contributed by atoms with Crippen LogP contribution in [0.1, 0.15) is 38.5 Å². The van der Waals surface area contributed by atoms with Gasteiger partial charge in [-0.05, 0) is 26.9 Å². The zero-order valence-corrected chi connectivity index (χ0v) is 13.6. The fraction of sp³-hybridized carbons (Fsp3) is 1.00. The number of likely N-dealkylation sites (N-methyl/N-ethyl adjacent to an activating group) is 2. The Balaban J connectivity index is 1.81. The largest absolute Gasteiger partial charge is 0.329 e. The van der Waals surface area contributed by atoms with Crippen molar-refractivity contribution in [3.63, 3.8) is 0 Å². The van der Waals surface area contributed by atoms with Crippen molar-refractivity contribution < 1.29 is 0 Å². The smallest absolute Gasteiger partial charge is 0.0329 e. The van der Waals surface area contributed by atoms with Crippen molar-refractivity contribution in [1.29, 1.82) is 0 Å². The van der Waals surface area contributed by atoms with E-state index in [2.05, 4.69) is 28.8 Å². The van der Waals surface area contributed by atoms with Gasteiger partial charge in [0.15, 0.2) is 0 Å². The lowest BCUT2D eigenvalue weighted by Crippen LogP contribution is -2.54. The fourth-order valence-electron chi connectivity index (χ4n) is 3.73.